The van der Waals surface area contributed by atoms with E-state index in [1.807, 2.05) is 6.92 Å². The largest absolute Gasteiger partial charge is 0.508 e. The molecule has 1 heterocycles. The standard InChI is InChI=1S/C12H15FN2O2/c1-8-7-15(5-4-14-8)12(17)10-3-2-9(16)6-11(10)13/h2-3,6,8,14,16H,4-5,7H2,1H3. The van der Waals surface area contributed by atoms with Crippen molar-refractivity contribution in [2.45, 2.75) is 13.0 Å². The minimum atomic E-state index is -0.679. The Hall–Kier alpha value is -1.62. The Balaban J connectivity index is 2.18. The first-order valence-electron chi connectivity index (χ1n) is 5.59. The molecule has 1 amide bonds. The van der Waals surface area contributed by atoms with E-state index in [-0.39, 0.29) is 23.3 Å². The third kappa shape index (κ3) is 2.55. The van der Waals surface area contributed by atoms with Crippen LogP contribution >= 0.6 is 0 Å². The monoisotopic (exact) mass is 238 g/mol. The van der Waals surface area contributed by atoms with E-state index in [1.165, 1.54) is 12.1 Å². The van der Waals surface area contributed by atoms with Crippen LogP contribution in [0.3, 0.4) is 0 Å². The zero-order chi connectivity index (χ0) is 12.4. The second-order valence-corrected chi connectivity index (χ2v) is 4.27. The molecular weight excluding hydrogens is 223 g/mol. The maximum absolute atomic E-state index is 13.5. The maximum atomic E-state index is 13.5. The van der Waals surface area contributed by atoms with Crippen LogP contribution in [0.15, 0.2) is 18.2 Å². The van der Waals surface area contributed by atoms with Crippen molar-refractivity contribution in [1.29, 1.82) is 0 Å². The van der Waals surface area contributed by atoms with E-state index in [0.717, 1.165) is 6.07 Å². The first-order valence-corrected chi connectivity index (χ1v) is 5.59. The number of nitrogens with zero attached hydrogens (tertiary/aromatic N) is 1. The van der Waals surface area contributed by atoms with Gasteiger partial charge in [-0.3, -0.25) is 4.79 Å². The number of rotatable bonds is 1. The molecule has 5 heteroatoms. The van der Waals surface area contributed by atoms with Crippen molar-refractivity contribution in [3.63, 3.8) is 0 Å². The van der Waals surface area contributed by atoms with Gasteiger partial charge >= 0.3 is 0 Å². The Morgan fingerprint density at radius 2 is 2.35 bits per heavy atom. The van der Waals surface area contributed by atoms with E-state index in [1.54, 1.807) is 4.90 Å². The molecule has 17 heavy (non-hydrogen) atoms. The minimum Gasteiger partial charge on any atom is -0.508 e. The molecule has 0 bridgehead atoms. The second kappa shape index (κ2) is 4.71. The highest BCUT2D eigenvalue weighted by molar-refractivity contribution is 5.94. The van der Waals surface area contributed by atoms with Gasteiger partial charge < -0.3 is 15.3 Å². The van der Waals surface area contributed by atoms with Gasteiger partial charge in [-0.1, -0.05) is 0 Å². The molecule has 0 aliphatic carbocycles. The van der Waals surface area contributed by atoms with Gasteiger partial charge in [-0.05, 0) is 19.1 Å². The number of phenolic OH excluding ortho intramolecular Hbond substituents is 1. The van der Waals surface area contributed by atoms with Gasteiger partial charge in [0.1, 0.15) is 11.6 Å². The maximum Gasteiger partial charge on any atom is 0.256 e. The van der Waals surface area contributed by atoms with Crippen LogP contribution in [0.25, 0.3) is 0 Å². The molecule has 92 valence electrons. The number of benzene rings is 1. The average Bonchev–Trinajstić information content (AvgIpc) is 2.28. The summed E-state index contributed by atoms with van der Waals surface area (Å²) >= 11 is 0. The molecule has 0 aromatic heterocycles. The lowest BCUT2D eigenvalue weighted by Crippen LogP contribution is -2.51. The number of phenols is 1. The first-order chi connectivity index (χ1) is 8.08. The molecular formula is C12H15FN2O2. The number of aromatic hydroxyl groups is 1. The highest BCUT2D eigenvalue weighted by atomic mass is 19.1. The quantitative estimate of drug-likeness (QED) is 0.766. The van der Waals surface area contributed by atoms with E-state index >= 15 is 0 Å². The molecule has 1 fully saturated rings. The Morgan fingerprint density at radius 3 is 3.00 bits per heavy atom. The summed E-state index contributed by atoms with van der Waals surface area (Å²) in [5, 5.41) is 12.3. The van der Waals surface area contributed by atoms with Crippen molar-refractivity contribution in [1.82, 2.24) is 10.2 Å². The molecule has 1 aromatic carbocycles. The van der Waals surface area contributed by atoms with Gasteiger partial charge in [-0.25, -0.2) is 4.39 Å². The van der Waals surface area contributed by atoms with E-state index in [9.17, 15) is 9.18 Å². The predicted octanol–water partition coefficient (Wildman–Crippen LogP) is 0.965. The zero-order valence-electron chi connectivity index (χ0n) is 9.61. The molecule has 1 atom stereocenters. The highest BCUT2D eigenvalue weighted by Gasteiger charge is 2.23. The van der Waals surface area contributed by atoms with Gasteiger partial charge in [0.25, 0.3) is 5.91 Å². The van der Waals surface area contributed by atoms with Gasteiger partial charge in [-0.15, -0.1) is 0 Å². The second-order valence-electron chi connectivity index (χ2n) is 4.27. The van der Waals surface area contributed by atoms with Crippen molar-refractivity contribution in [3.05, 3.63) is 29.6 Å². The van der Waals surface area contributed by atoms with Crippen molar-refractivity contribution >= 4 is 5.91 Å². The summed E-state index contributed by atoms with van der Waals surface area (Å²) in [4.78, 5) is 13.7. The van der Waals surface area contributed by atoms with Crippen LogP contribution in [-0.2, 0) is 0 Å². The van der Waals surface area contributed by atoms with Gasteiger partial charge in [0.15, 0.2) is 0 Å². The van der Waals surface area contributed by atoms with Crippen LogP contribution in [-0.4, -0.2) is 41.6 Å². The molecule has 1 aliphatic rings. The van der Waals surface area contributed by atoms with E-state index in [4.69, 9.17) is 5.11 Å². The van der Waals surface area contributed by atoms with E-state index in [2.05, 4.69) is 5.32 Å². The Labute approximate surface area is 99.0 Å². The topological polar surface area (TPSA) is 52.6 Å². The number of hydrogen-bond acceptors (Lipinski definition) is 3. The summed E-state index contributed by atoms with van der Waals surface area (Å²) < 4.78 is 13.5. The number of hydrogen-bond donors (Lipinski definition) is 2. The minimum absolute atomic E-state index is 0.0110. The molecule has 0 saturated carbocycles. The number of carbonyl (C=O) groups is 1. The van der Waals surface area contributed by atoms with Crippen LogP contribution in [0, 0.1) is 5.82 Å². The van der Waals surface area contributed by atoms with Gasteiger partial charge in [0.2, 0.25) is 0 Å². The third-order valence-electron chi connectivity index (χ3n) is 2.84. The number of amides is 1. The Bertz CT molecular complexity index is 437. The number of nitrogens with one attached hydrogen (secondary N) is 1. The number of piperazine rings is 1. The zero-order valence-corrected chi connectivity index (χ0v) is 9.61. The number of halogens is 1. The van der Waals surface area contributed by atoms with Crippen molar-refractivity contribution in [2.75, 3.05) is 19.6 Å². The first kappa shape index (κ1) is 11.9. The molecule has 2 rings (SSSR count). The van der Waals surface area contributed by atoms with E-state index in [0.29, 0.717) is 19.6 Å². The van der Waals surface area contributed by atoms with Crippen molar-refractivity contribution < 1.29 is 14.3 Å². The van der Waals surface area contributed by atoms with Crippen LogP contribution < -0.4 is 5.32 Å². The Morgan fingerprint density at radius 1 is 1.59 bits per heavy atom. The fourth-order valence-corrected chi connectivity index (χ4v) is 1.96. The van der Waals surface area contributed by atoms with Crippen LogP contribution in [0.1, 0.15) is 17.3 Å². The molecule has 2 N–H and O–H groups in total. The predicted molar refractivity (Wildman–Crippen MR) is 61.4 cm³/mol. The molecule has 0 radical (unpaired) electrons. The molecule has 1 aromatic rings. The SMILES string of the molecule is CC1CN(C(=O)c2ccc(O)cc2F)CCN1. The van der Waals surface area contributed by atoms with Crippen molar-refractivity contribution in [2.24, 2.45) is 0 Å². The van der Waals surface area contributed by atoms with Gasteiger partial charge in [0, 0.05) is 31.7 Å². The molecule has 0 spiro atoms. The van der Waals surface area contributed by atoms with Crippen LogP contribution in [0.2, 0.25) is 0 Å². The lowest BCUT2D eigenvalue weighted by atomic mass is 10.1. The van der Waals surface area contributed by atoms with Crippen LogP contribution in [0.5, 0.6) is 5.75 Å². The smallest absolute Gasteiger partial charge is 0.256 e. The normalized spacial score (nSPS) is 20.4. The third-order valence-corrected chi connectivity index (χ3v) is 2.84. The summed E-state index contributed by atoms with van der Waals surface area (Å²) in [6.07, 6.45) is 0. The fraction of sp³-hybridized carbons (Fsp3) is 0.417. The van der Waals surface area contributed by atoms with Gasteiger partial charge in [0.05, 0.1) is 5.56 Å². The average molecular weight is 238 g/mol. The van der Waals surface area contributed by atoms with E-state index < -0.39 is 5.82 Å². The lowest BCUT2D eigenvalue weighted by molar-refractivity contribution is 0.0704. The fourth-order valence-electron chi connectivity index (χ4n) is 1.96. The number of carbonyl (C=O) groups excluding carboxylic acids is 1. The summed E-state index contributed by atoms with van der Waals surface area (Å²) in [6.45, 7) is 3.84. The summed E-state index contributed by atoms with van der Waals surface area (Å²) in [6, 6.07) is 3.81. The summed E-state index contributed by atoms with van der Waals surface area (Å²) in [5.74, 6) is -1.18. The molecule has 1 unspecified atom stereocenters. The molecule has 4 nitrogen and oxygen atoms in total. The van der Waals surface area contributed by atoms with Gasteiger partial charge in [-0.2, -0.15) is 0 Å². The van der Waals surface area contributed by atoms with Crippen molar-refractivity contribution in [3.8, 4) is 5.75 Å². The van der Waals surface area contributed by atoms with Crippen LogP contribution in [0.4, 0.5) is 4.39 Å². The summed E-state index contributed by atoms with van der Waals surface area (Å²) in [7, 11) is 0. The molecule has 1 aliphatic heterocycles. The Kier molecular flexibility index (Phi) is 3.28. The lowest BCUT2D eigenvalue weighted by Gasteiger charge is -2.32. The summed E-state index contributed by atoms with van der Waals surface area (Å²) in [5.41, 5.74) is 0.0110. The highest BCUT2D eigenvalue weighted by Crippen LogP contribution is 2.17. The molecule has 1 saturated heterocycles.